The van der Waals surface area contributed by atoms with Crippen LogP contribution in [-0.2, 0) is 13.0 Å². The molecular weight excluding hydrogens is 320 g/mol. The Bertz CT molecular complexity index is 777. The van der Waals surface area contributed by atoms with Gasteiger partial charge >= 0.3 is 0 Å². The van der Waals surface area contributed by atoms with Gasteiger partial charge in [-0.15, -0.1) is 10.2 Å². The van der Waals surface area contributed by atoms with Gasteiger partial charge in [-0.2, -0.15) is 11.3 Å². The third-order valence-electron chi connectivity index (χ3n) is 3.60. The highest BCUT2D eigenvalue weighted by Crippen LogP contribution is 2.07. The number of aryl methyl sites for hydroxylation is 1. The molecule has 0 fully saturated rings. The summed E-state index contributed by atoms with van der Waals surface area (Å²) >= 11 is 1.70. The number of guanidine groups is 1. The van der Waals surface area contributed by atoms with Crippen LogP contribution in [0.4, 0.5) is 0 Å². The minimum Gasteiger partial charge on any atom is -0.357 e. The second-order valence-corrected chi connectivity index (χ2v) is 6.18. The van der Waals surface area contributed by atoms with Crippen LogP contribution in [0.3, 0.4) is 0 Å². The molecule has 0 amide bonds. The molecule has 0 radical (unpaired) electrons. The lowest BCUT2D eigenvalue weighted by Crippen LogP contribution is -2.37. The summed E-state index contributed by atoms with van der Waals surface area (Å²) in [5, 5.41) is 19.3. The highest BCUT2D eigenvalue weighted by Gasteiger charge is 2.04. The molecule has 0 atom stereocenters. The second kappa shape index (κ2) is 8.44. The second-order valence-electron chi connectivity index (χ2n) is 5.40. The number of nitrogens with one attached hydrogen (secondary N) is 2. The highest BCUT2D eigenvalue weighted by molar-refractivity contribution is 7.07. The van der Waals surface area contributed by atoms with Gasteiger partial charge in [0.05, 0.1) is 6.54 Å². The number of aromatic nitrogens is 3. The topological polar surface area (TPSA) is 66.6 Å². The molecule has 0 aliphatic carbocycles. The molecule has 6 nitrogen and oxygen atoms in total. The first-order valence-corrected chi connectivity index (χ1v) is 9.13. The van der Waals surface area contributed by atoms with Crippen molar-refractivity contribution in [3.05, 3.63) is 52.6 Å². The van der Waals surface area contributed by atoms with Crippen LogP contribution in [-0.4, -0.2) is 33.6 Å². The van der Waals surface area contributed by atoms with Crippen molar-refractivity contribution in [2.45, 2.75) is 26.3 Å². The van der Waals surface area contributed by atoms with Crippen LogP contribution in [0.15, 0.2) is 46.2 Å². The van der Waals surface area contributed by atoms with E-state index in [1.165, 1.54) is 5.56 Å². The number of rotatable bonds is 7. The molecule has 0 aromatic carbocycles. The van der Waals surface area contributed by atoms with E-state index >= 15 is 0 Å². The van der Waals surface area contributed by atoms with Gasteiger partial charge in [0.15, 0.2) is 11.6 Å². The number of fused-ring (bicyclic) bond motifs is 1. The summed E-state index contributed by atoms with van der Waals surface area (Å²) in [7, 11) is 0. The Kier molecular flexibility index (Phi) is 5.79. The van der Waals surface area contributed by atoms with E-state index < -0.39 is 0 Å². The van der Waals surface area contributed by atoms with E-state index in [0.29, 0.717) is 6.54 Å². The molecule has 0 aliphatic heterocycles. The molecule has 0 saturated heterocycles. The summed E-state index contributed by atoms with van der Waals surface area (Å²) in [6.45, 7) is 4.47. The maximum absolute atomic E-state index is 4.61. The lowest BCUT2D eigenvalue weighted by atomic mass is 10.3. The molecule has 3 aromatic rings. The van der Waals surface area contributed by atoms with Crippen molar-refractivity contribution in [1.82, 2.24) is 25.2 Å². The Balaban J connectivity index is 1.49. The molecule has 0 aliphatic rings. The van der Waals surface area contributed by atoms with Gasteiger partial charge in [0.2, 0.25) is 0 Å². The summed E-state index contributed by atoms with van der Waals surface area (Å²) in [6, 6.07) is 8.05. The molecular formula is C17H22N6S. The Morgan fingerprint density at radius 1 is 1.25 bits per heavy atom. The third-order valence-corrected chi connectivity index (χ3v) is 4.33. The average Bonchev–Trinajstić information content (AvgIpc) is 3.26. The van der Waals surface area contributed by atoms with Crippen LogP contribution >= 0.6 is 11.3 Å². The van der Waals surface area contributed by atoms with Crippen molar-refractivity contribution in [3.8, 4) is 0 Å². The number of aliphatic imine (C=N–C) groups is 1. The first-order chi connectivity index (χ1) is 11.9. The van der Waals surface area contributed by atoms with Crippen molar-refractivity contribution >= 4 is 22.9 Å². The maximum Gasteiger partial charge on any atom is 0.191 e. The monoisotopic (exact) mass is 342 g/mol. The Labute approximate surface area is 145 Å². The smallest absolute Gasteiger partial charge is 0.191 e. The lowest BCUT2D eigenvalue weighted by molar-refractivity contribution is 0.715. The molecule has 3 aromatic heterocycles. The summed E-state index contributed by atoms with van der Waals surface area (Å²) in [5.74, 6) is 1.85. The van der Waals surface area contributed by atoms with Gasteiger partial charge in [0.25, 0.3) is 0 Å². The number of nitrogens with zero attached hydrogens (tertiary/aromatic N) is 4. The van der Waals surface area contributed by atoms with Gasteiger partial charge in [0.1, 0.15) is 5.82 Å². The van der Waals surface area contributed by atoms with E-state index in [2.05, 4.69) is 49.6 Å². The van der Waals surface area contributed by atoms with Crippen LogP contribution in [0, 0.1) is 0 Å². The number of thiophene rings is 1. The van der Waals surface area contributed by atoms with Crippen molar-refractivity contribution in [2.24, 2.45) is 4.99 Å². The Morgan fingerprint density at radius 3 is 3.04 bits per heavy atom. The summed E-state index contributed by atoms with van der Waals surface area (Å²) < 4.78 is 2.04. The van der Waals surface area contributed by atoms with E-state index in [1.54, 1.807) is 11.3 Å². The van der Waals surface area contributed by atoms with Gasteiger partial charge in [-0.1, -0.05) is 6.07 Å². The Hall–Kier alpha value is -2.41. The van der Waals surface area contributed by atoms with Gasteiger partial charge in [-0.25, -0.2) is 4.99 Å². The largest absolute Gasteiger partial charge is 0.357 e. The van der Waals surface area contributed by atoms with E-state index in [-0.39, 0.29) is 0 Å². The van der Waals surface area contributed by atoms with E-state index in [9.17, 15) is 0 Å². The summed E-state index contributed by atoms with van der Waals surface area (Å²) in [6.07, 6.45) is 3.85. The normalized spacial score (nSPS) is 11.8. The predicted octanol–water partition coefficient (Wildman–Crippen LogP) is 2.48. The Morgan fingerprint density at radius 2 is 2.21 bits per heavy atom. The van der Waals surface area contributed by atoms with Crippen LogP contribution in [0.2, 0.25) is 0 Å². The van der Waals surface area contributed by atoms with E-state index in [1.807, 2.05) is 28.8 Å². The standard InChI is InChI=1S/C17H22N6S/c1-2-18-17(20-12-14-8-11-24-13-14)19-9-5-7-16-22-21-15-6-3-4-10-23(15)16/h3-4,6,8,10-11,13H,2,5,7,9,12H2,1H3,(H2,18,19,20). The molecule has 0 unspecified atom stereocenters. The van der Waals surface area contributed by atoms with Crippen molar-refractivity contribution < 1.29 is 0 Å². The molecule has 7 heteroatoms. The zero-order valence-electron chi connectivity index (χ0n) is 13.8. The molecule has 0 saturated carbocycles. The van der Waals surface area contributed by atoms with Crippen LogP contribution in [0.5, 0.6) is 0 Å². The molecule has 3 heterocycles. The van der Waals surface area contributed by atoms with Gasteiger partial charge in [0, 0.05) is 25.7 Å². The molecule has 0 bridgehead atoms. The summed E-state index contributed by atoms with van der Waals surface area (Å²) in [4.78, 5) is 4.61. The summed E-state index contributed by atoms with van der Waals surface area (Å²) in [5.41, 5.74) is 2.14. The zero-order chi connectivity index (χ0) is 16.6. The molecule has 126 valence electrons. The maximum atomic E-state index is 4.61. The van der Waals surface area contributed by atoms with Crippen molar-refractivity contribution in [2.75, 3.05) is 13.1 Å². The minimum atomic E-state index is 0.702. The van der Waals surface area contributed by atoms with Gasteiger partial charge < -0.3 is 10.6 Å². The third kappa shape index (κ3) is 4.32. The van der Waals surface area contributed by atoms with E-state index in [4.69, 9.17) is 0 Å². The first kappa shape index (κ1) is 16.4. The SMILES string of the molecule is CCNC(=NCc1ccsc1)NCCCc1nnc2ccccn12. The number of pyridine rings is 1. The predicted molar refractivity (Wildman–Crippen MR) is 98.4 cm³/mol. The molecule has 0 spiro atoms. The average molecular weight is 342 g/mol. The fourth-order valence-electron chi connectivity index (χ4n) is 2.41. The zero-order valence-corrected chi connectivity index (χ0v) is 14.6. The van der Waals surface area contributed by atoms with E-state index in [0.717, 1.165) is 43.4 Å². The molecule has 2 N–H and O–H groups in total. The van der Waals surface area contributed by atoms with Crippen LogP contribution in [0.25, 0.3) is 5.65 Å². The van der Waals surface area contributed by atoms with Gasteiger partial charge in [-0.05, 0) is 47.9 Å². The minimum absolute atomic E-state index is 0.702. The quantitative estimate of drug-likeness (QED) is 0.393. The lowest BCUT2D eigenvalue weighted by Gasteiger charge is -2.10. The van der Waals surface area contributed by atoms with Crippen molar-refractivity contribution in [3.63, 3.8) is 0 Å². The fraction of sp³-hybridized carbons (Fsp3) is 0.353. The number of hydrogen-bond acceptors (Lipinski definition) is 4. The van der Waals surface area contributed by atoms with Crippen LogP contribution in [0.1, 0.15) is 24.7 Å². The van der Waals surface area contributed by atoms with Crippen LogP contribution < -0.4 is 10.6 Å². The fourth-order valence-corrected chi connectivity index (χ4v) is 3.07. The molecule has 3 rings (SSSR count). The van der Waals surface area contributed by atoms with Crippen molar-refractivity contribution in [1.29, 1.82) is 0 Å². The highest BCUT2D eigenvalue weighted by atomic mass is 32.1. The number of hydrogen-bond donors (Lipinski definition) is 2. The first-order valence-electron chi connectivity index (χ1n) is 8.18. The molecule has 24 heavy (non-hydrogen) atoms. The van der Waals surface area contributed by atoms with Gasteiger partial charge in [-0.3, -0.25) is 4.40 Å².